The third kappa shape index (κ3) is 2.48. The van der Waals surface area contributed by atoms with Crippen LogP contribution in [0.3, 0.4) is 0 Å². The van der Waals surface area contributed by atoms with E-state index in [1.165, 1.54) is 6.92 Å². The van der Waals surface area contributed by atoms with Crippen molar-refractivity contribution < 1.29 is 9.90 Å². The molecule has 1 saturated heterocycles. The third-order valence-corrected chi connectivity index (χ3v) is 1.85. The zero-order valence-electron chi connectivity index (χ0n) is 6.63. The van der Waals surface area contributed by atoms with E-state index in [4.69, 9.17) is 5.11 Å². The van der Waals surface area contributed by atoms with Crippen LogP contribution in [0, 0.1) is 0 Å². The summed E-state index contributed by atoms with van der Waals surface area (Å²) in [5.41, 5.74) is 0. The van der Waals surface area contributed by atoms with Crippen LogP contribution in [0.1, 0.15) is 13.3 Å². The predicted molar refractivity (Wildman–Crippen MR) is 41.1 cm³/mol. The highest BCUT2D eigenvalue weighted by Gasteiger charge is 2.23. The Morgan fingerprint density at radius 1 is 1.82 bits per heavy atom. The van der Waals surface area contributed by atoms with Gasteiger partial charge in [-0.2, -0.15) is 0 Å². The lowest BCUT2D eigenvalue weighted by molar-refractivity contribution is -0.119. The Morgan fingerprint density at radius 2 is 2.55 bits per heavy atom. The van der Waals surface area contributed by atoms with Crippen LogP contribution in [0.4, 0.5) is 0 Å². The van der Waals surface area contributed by atoms with E-state index in [1.54, 1.807) is 0 Å². The zero-order valence-corrected chi connectivity index (χ0v) is 6.63. The molecule has 4 heteroatoms. The zero-order chi connectivity index (χ0) is 8.27. The second-order valence-electron chi connectivity index (χ2n) is 2.92. The Bertz CT molecular complexity index is 149. The lowest BCUT2D eigenvalue weighted by Crippen LogP contribution is -2.34. The maximum atomic E-state index is 10.6. The molecule has 0 radical (unpaired) electrons. The molecule has 1 aliphatic rings. The van der Waals surface area contributed by atoms with Gasteiger partial charge in [0.15, 0.2) is 0 Å². The van der Waals surface area contributed by atoms with E-state index in [2.05, 4.69) is 10.6 Å². The average Bonchev–Trinajstić information content (AvgIpc) is 2.34. The minimum atomic E-state index is -0.00427. The van der Waals surface area contributed by atoms with E-state index in [0.29, 0.717) is 0 Å². The van der Waals surface area contributed by atoms with Crippen LogP contribution in [0.25, 0.3) is 0 Å². The monoisotopic (exact) mass is 158 g/mol. The molecule has 2 atom stereocenters. The summed E-state index contributed by atoms with van der Waals surface area (Å²) in [4.78, 5) is 10.6. The number of carbonyl (C=O) groups is 1. The number of amides is 1. The van der Waals surface area contributed by atoms with Crippen molar-refractivity contribution in [2.24, 2.45) is 0 Å². The van der Waals surface area contributed by atoms with Crippen molar-refractivity contribution in [3.05, 3.63) is 0 Å². The van der Waals surface area contributed by atoms with Gasteiger partial charge < -0.3 is 15.7 Å². The standard InChI is InChI=1S/C7H14N2O2/c1-5(11)9-6-2-7(4-10)8-3-6/h6-8,10H,2-4H2,1H3,(H,9,11)/t6-,7-/m1/s1. The van der Waals surface area contributed by atoms with Gasteiger partial charge in [0.2, 0.25) is 5.91 Å². The van der Waals surface area contributed by atoms with Crippen molar-refractivity contribution >= 4 is 5.91 Å². The summed E-state index contributed by atoms with van der Waals surface area (Å²) in [5, 5.41) is 14.6. The van der Waals surface area contributed by atoms with Crippen LogP contribution >= 0.6 is 0 Å². The maximum absolute atomic E-state index is 10.6. The second kappa shape index (κ2) is 3.69. The molecule has 4 nitrogen and oxygen atoms in total. The fourth-order valence-corrected chi connectivity index (χ4v) is 1.36. The first-order chi connectivity index (χ1) is 5.22. The molecule has 0 aromatic carbocycles. The van der Waals surface area contributed by atoms with Crippen LogP contribution in [0.5, 0.6) is 0 Å². The number of rotatable bonds is 2. The SMILES string of the molecule is CC(=O)N[C@H]1CN[C@@H](CO)C1. The van der Waals surface area contributed by atoms with Crippen molar-refractivity contribution in [3.8, 4) is 0 Å². The molecule has 0 saturated carbocycles. The molecule has 1 heterocycles. The first-order valence-corrected chi connectivity index (χ1v) is 3.83. The van der Waals surface area contributed by atoms with Crippen LogP contribution in [0.15, 0.2) is 0 Å². The number of aliphatic hydroxyl groups is 1. The molecule has 1 fully saturated rings. The normalized spacial score (nSPS) is 30.4. The Hall–Kier alpha value is -0.610. The van der Waals surface area contributed by atoms with E-state index in [1.807, 2.05) is 0 Å². The minimum Gasteiger partial charge on any atom is -0.395 e. The molecule has 1 rings (SSSR count). The molecule has 0 unspecified atom stereocenters. The van der Waals surface area contributed by atoms with Gasteiger partial charge in [0.1, 0.15) is 0 Å². The van der Waals surface area contributed by atoms with Gasteiger partial charge in [-0.1, -0.05) is 0 Å². The molecule has 1 amide bonds. The van der Waals surface area contributed by atoms with E-state index in [-0.39, 0.29) is 24.6 Å². The number of hydrogen-bond donors (Lipinski definition) is 3. The van der Waals surface area contributed by atoms with Gasteiger partial charge in [-0.3, -0.25) is 4.79 Å². The molecule has 0 aliphatic carbocycles. The van der Waals surface area contributed by atoms with Gasteiger partial charge >= 0.3 is 0 Å². The van der Waals surface area contributed by atoms with Crippen molar-refractivity contribution in [3.63, 3.8) is 0 Å². The smallest absolute Gasteiger partial charge is 0.217 e. The van der Waals surface area contributed by atoms with Crippen molar-refractivity contribution in [1.29, 1.82) is 0 Å². The van der Waals surface area contributed by atoms with Crippen LogP contribution in [-0.2, 0) is 4.79 Å². The number of nitrogens with one attached hydrogen (secondary N) is 2. The molecule has 1 aliphatic heterocycles. The Balaban J connectivity index is 2.24. The van der Waals surface area contributed by atoms with Crippen LogP contribution in [-0.4, -0.2) is 36.2 Å². The van der Waals surface area contributed by atoms with E-state index < -0.39 is 0 Å². The molecule has 3 N–H and O–H groups in total. The largest absolute Gasteiger partial charge is 0.395 e. The summed E-state index contributed by atoms with van der Waals surface area (Å²) in [5.74, 6) is -0.00427. The molecule has 0 spiro atoms. The Labute approximate surface area is 66.0 Å². The predicted octanol–water partition coefficient (Wildman–Crippen LogP) is -1.15. The van der Waals surface area contributed by atoms with Gasteiger partial charge in [0, 0.05) is 25.6 Å². The number of carbonyl (C=O) groups excluding carboxylic acids is 1. The summed E-state index contributed by atoms with van der Waals surface area (Å²) < 4.78 is 0. The summed E-state index contributed by atoms with van der Waals surface area (Å²) in [7, 11) is 0. The second-order valence-corrected chi connectivity index (χ2v) is 2.92. The fraction of sp³-hybridized carbons (Fsp3) is 0.857. The molecular formula is C7H14N2O2. The van der Waals surface area contributed by atoms with Crippen LogP contribution < -0.4 is 10.6 Å². The molecule has 11 heavy (non-hydrogen) atoms. The first-order valence-electron chi connectivity index (χ1n) is 3.83. The quantitative estimate of drug-likeness (QED) is 0.475. The topological polar surface area (TPSA) is 61.4 Å². The lowest BCUT2D eigenvalue weighted by atomic mass is 10.2. The number of aliphatic hydroxyl groups excluding tert-OH is 1. The average molecular weight is 158 g/mol. The highest BCUT2D eigenvalue weighted by Crippen LogP contribution is 2.04. The van der Waals surface area contributed by atoms with Crippen LogP contribution in [0.2, 0.25) is 0 Å². The van der Waals surface area contributed by atoms with E-state index in [0.717, 1.165) is 13.0 Å². The Kier molecular flexibility index (Phi) is 2.84. The summed E-state index contributed by atoms with van der Waals surface area (Å²) in [6, 6.07) is 0.358. The van der Waals surface area contributed by atoms with Gasteiger partial charge in [0.05, 0.1) is 6.61 Å². The fourth-order valence-electron chi connectivity index (χ4n) is 1.36. The molecule has 0 bridgehead atoms. The Morgan fingerprint density at radius 3 is 3.00 bits per heavy atom. The number of hydrogen-bond acceptors (Lipinski definition) is 3. The van der Waals surface area contributed by atoms with E-state index >= 15 is 0 Å². The van der Waals surface area contributed by atoms with Gasteiger partial charge in [0.25, 0.3) is 0 Å². The summed E-state index contributed by atoms with van der Waals surface area (Å²) in [6.07, 6.45) is 0.829. The van der Waals surface area contributed by atoms with Crippen molar-refractivity contribution in [2.75, 3.05) is 13.2 Å². The lowest BCUT2D eigenvalue weighted by Gasteiger charge is -2.08. The highest BCUT2D eigenvalue weighted by atomic mass is 16.3. The first kappa shape index (κ1) is 8.49. The van der Waals surface area contributed by atoms with E-state index in [9.17, 15) is 4.79 Å². The molecule has 64 valence electrons. The van der Waals surface area contributed by atoms with Gasteiger partial charge in [-0.25, -0.2) is 0 Å². The molecule has 0 aromatic heterocycles. The molecular weight excluding hydrogens is 144 g/mol. The van der Waals surface area contributed by atoms with Gasteiger partial charge in [-0.15, -0.1) is 0 Å². The maximum Gasteiger partial charge on any atom is 0.217 e. The van der Waals surface area contributed by atoms with Crippen molar-refractivity contribution in [1.82, 2.24) is 10.6 Å². The summed E-state index contributed by atoms with van der Waals surface area (Å²) in [6.45, 7) is 2.42. The van der Waals surface area contributed by atoms with Crippen molar-refractivity contribution in [2.45, 2.75) is 25.4 Å². The van der Waals surface area contributed by atoms with Gasteiger partial charge in [-0.05, 0) is 6.42 Å². The summed E-state index contributed by atoms with van der Waals surface area (Å²) >= 11 is 0. The molecule has 0 aromatic rings. The third-order valence-electron chi connectivity index (χ3n) is 1.85. The minimum absolute atomic E-state index is 0.00427. The highest BCUT2D eigenvalue weighted by molar-refractivity contribution is 5.73.